The molecular formula is C19H16Cl3N3O. The van der Waals surface area contributed by atoms with Crippen molar-refractivity contribution in [3.05, 3.63) is 80.4 Å². The number of hydrogen-bond donors (Lipinski definition) is 1. The number of nitrogens with zero attached hydrogens (tertiary/aromatic N) is 2. The third-order valence-electron chi connectivity index (χ3n) is 3.92. The summed E-state index contributed by atoms with van der Waals surface area (Å²) in [4.78, 5) is 12.4. The second-order valence-electron chi connectivity index (χ2n) is 5.76. The van der Waals surface area contributed by atoms with E-state index in [1.165, 1.54) is 5.56 Å². The minimum atomic E-state index is -0.260. The van der Waals surface area contributed by atoms with Gasteiger partial charge in [0.15, 0.2) is 5.82 Å². The predicted octanol–water partition coefficient (Wildman–Crippen LogP) is 5.71. The average Bonchev–Trinajstić information content (AvgIpc) is 2.96. The fourth-order valence-electron chi connectivity index (χ4n) is 2.46. The molecule has 0 spiro atoms. The Hall–Kier alpha value is -2.01. The number of carbonyl (C=O) groups excluding carboxylic acids is 1. The molecule has 0 saturated carbocycles. The third kappa shape index (κ3) is 4.39. The van der Waals surface area contributed by atoms with Crippen molar-refractivity contribution < 1.29 is 4.79 Å². The molecule has 0 aliphatic heterocycles. The van der Waals surface area contributed by atoms with E-state index in [4.69, 9.17) is 34.8 Å². The Morgan fingerprint density at radius 2 is 1.81 bits per heavy atom. The molecule has 3 rings (SSSR count). The van der Waals surface area contributed by atoms with E-state index in [2.05, 4.69) is 17.3 Å². The molecule has 0 aliphatic carbocycles. The second kappa shape index (κ2) is 8.12. The van der Waals surface area contributed by atoms with Crippen LogP contribution in [0.25, 0.3) is 0 Å². The molecule has 1 N–H and O–H groups in total. The lowest BCUT2D eigenvalue weighted by Gasteiger charge is -2.05. The van der Waals surface area contributed by atoms with Gasteiger partial charge in [-0.1, -0.05) is 59.9 Å². The number of halogens is 3. The second-order valence-corrected chi connectivity index (χ2v) is 7.01. The van der Waals surface area contributed by atoms with Gasteiger partial charge in [0.05, 0.1) is 6.54 Å². The molecule has 0 saturated heterocycles. The van der Waals surface area contributed by atoms with Crippen molar-refractivity contribution in [3.63, 3.8) is 0 Å². The first-order valence-corrected chi connectivity index (χ1v) is 9.17. The van der Waals surface area contributed by atoms with Gasteiger partial charge in [0.2, 0.25) is 0 Å². The van der Waals surface area contributed by atoms with Crippen molar-refractivity contribution in [1.29, 1.82) is 0 Å². The summed E-state index contributed by atoms with van der Waals surface area (Å²) in [5, 5.41) is 8.54. The number of nitrogens with one attached hydrogen (secondary N) is 1. The maximum absolute atomic E-state index is 12.4. The van der Waals surface area contributed by atoms with Crippen LogP contribution in [0, 0.1) is 0 Å². The van der Waals surface area contributed by atoms with Gasteiger partial charge in [-0.25, -0.2) is 0 Å². The van der Waals surface area contributed by atoms with Crippen LogP contribution in [0.5, 0.6) is 0 Å². The first kappa shape index (κ1) is 18.8. The Kier molecular flexibility index (Phi) is 5.87. The van der Waals surface area contributed by atoms with Crippen molar-refractivity contribution in [3.8, 4) is 0 Å². The summed E-state index contributed by atoms with van der Waals surface area (Å²) in [6, 6.07) is 12.7. The molecule has 0 fully saturated rings. The molecule has 26 heavy (non-hydrogen) atoms. The summed E-state index contributed by atoms with van der Waals surface area (Å²) in [6.07, 6.45) is 2.56. The van der Waals surface area contributed by atoms with Crippen LogP contribution in [0.4, 0.5) is 5.82 Å². The minimum absolute atomic E-state index is 0.260. The first-order chi connectivity index (χ1) is 12.5. The Balaban J connectivity index is 1.74. The van der Waals surface area contributed by atoms with Gasteiger partial charge in [0.1, 0.15) is 5.02 Å². The van der Waals surface area contributed by atoms with Gasteiger partial charge in [0, 0.05) is 21.8 Å². The monoisotopic (exact) mass is 407 g/mol. The number of aryl methyl sites for hydroxylation is 1. The molecule has 4 nitrogen and oxygen atoms in total. The van der Waals surface area contributed by atoms with Crippen LogP contribution < -0.4 is 5.32 Å². The van der Waals surface area contributed by atoms with Gasteiger partial charge in [-0.3, -0.25) is 9.48 Å². The fraction of sp³-hybridized carbons (Fsp3) is 0.158. The van der Waals surface area contributed by atoms with Gasteiger partial charge in [-0.15, -0.1) is 0 Å². The Labute approximate surface area is 166 Å². The molecule has 3 aromatic rings. The maximum Gasteiger partial charge on any atom is 0.256 e. The summed E-state index contributed by atoms with van der Waals surface area (Å²) in [5.74, 6) is 0.0469. The number of amides is 1. The largest absolute Gasteiger partial charge is 0.304 e. The maximum atomic E-state index is 12.4. The molecule has 0 bridgehead atoms. The lowest BCUT2D eigenvalue weighted by Crippen LogP contribution is -2.13. The van der Waals surface area contributed by atoms with Crippen molar-refractivity contribution in [2.24, 2.45) is 0 Å². The van der Waals surface area contributed by atoms with Crippen LogP contribution in [0.3, 0.4) is 0 Å². The Morgan fingerprint density at radius 1 is 1.08 bits per heavy atom. The van der Waals surface area contributed by atoms with E-state index in [1.807, 2.05) is 18.2 Å². The van der Waals surface area contributed by atoms with Gasteiger partial charge in [-0.05, 0) is 41.8 Å². The summed E-state index contributed by atoms with van der Waals surface area (Å²) >= 11 is 18.3. The van der Waals surface area contributed by atoms with Crippen LogP contribution in [0.2, 0.25) is 15.1 Å². The zero-order chi connectivity index (χ0) is 18.7. The number of aromatic nitrogens is 2. The standard InChI is InChI=1S/C19H16Cl3N3O/c1-2-12-3-5-13(6-4-12)19(26)23-18-17(22)11-25(24-18)10-14-7-8-15(20)9-16(14)21/h3-9,11H,2,10H2,1H3,(H,23,24,26). The van der Waals surface area contributed by atoms with Gasteiger partial charge < -0.3 is 5.32 Å². The van der Waals surface area contributed by atoms with Gasteiger partial charge in [0.25, 0.3) is 5.91 Å². The quantitative estimate of drug-likeness (QED) is 0.588. The molecule has 2 aromatic carbocycles. The van der Waals surface area contributed by atoms with Crippen molar-refractivity contribution in [1.82, 2.24) is 9.78 Å². The number of anilines is 1. The molecule has 0 atom stereocenters. The Bertz CT molecular complexity index is 936. The smallest absolute Gasteiger partial charge is 0.256 e. The number of benzene rings is 2. The van der Waals surface area contributed by atoms with Crippen molar-refractivity contribution in [2.45, 2.75) is 19.9 Å². The first-order valence-electron chi connectivity index (χ1n) is 8.03. The van der Waals surface area contributed by atoms with Crippen LogP contribution in [0.1, 0.15) is 28.4 Å². The number of rotatable bonds is 5. The average molecular weight is 409 g/mol. The normalized spacial score (nSPS) is 10.8. The topological polar surface area (TPSA) is 46.9 Å². The molecule has 0 unspecified atom stereocenters. The SMILES string of the molecule is CCc1ccc(C(=O)Nc2nn(Cc3ccc(Cl)cc3Cl)cc2Cl)cc1. The summed E-state index contributed by atoms with van der Waals surface area (Å²) in [7, 11) is 0. The lowest BCUT2D eigenvalue weighted by molar-refractivity contribution is 0.102. The highest BCUT2D eigenvalue weighted by Crippen LogP contribution is 2.24. The van der Waals surface area contributed by atoms with Gasteiger partial charge >= 0.3 is 0 Å². The highest BCUT2D eigenvalue weighted by atomic mass is 35.5. The number of hydrogen-bond acceptors (Lipinski definition) is 2. The summed E-state index contributed by atoms with van der Waals surface area (Å²) < 4.78 is 1.62. The van der Waals surface area contributed by atoms with Crippen LogP contribution in [-0.4, -0.2) is 15.7 Å². The fourth-order valence-corrected chi connectivity index (χ4v) is 3.12. The highest BCUT2D eigenvalue weighted by Gasteiger charge is 2.13. The lowest BCUT2D eigenvalue weighted by atomic mass is 10.1. The van der Waals surface area contributed by atoms with Crippen LogP contribution in [-0.2, 0) is 13.0 Å². The molecule has 7 heteroatoms. The van der Waals surface area contributed by atoms with Gasteiger partial charge in [-0.2, -0.15) is 5.10 Å². The van der Waals surface area contributed by atoms with E-state index in [0.717, 1.165) is 12.0 Å². The predicted molar refractivity (Wildman–Crippen MR) is 107 cm³/mol. The molecular weight excluding hydrogens is 393 g/mol. The van der Waals surface area contributed by atoms with Crippen LogP contribution >= 0.6 is 34.8 Å². The van der Waals surface area contributed by atoms with E-state index < -0.39 is 0 Å². The molecule has 0 radical (unpaired) electrons. The Morgan fingerprint density at radius 3 is 2.46 bits per heavy atom. The molecule has 1 amide bonds. The van der Waals surface area contributed by atoms with Crippen molar-refractivity contribution in [2.75, 3.05) is 5.32 Å². The highest BCUT2D eigenvalue weighted by molar-refractivity contribution is 6.35. The minimum Gasteiger partial charge on any atom is -0.304 e. The van der Waals surface area contributed by atoms with E-state index in [-0.39, 0.29) is 5.91 Å². The molecule has 0 aliphatic rings. The molecule has 134 valence electrons. The zero-order valence-corrected chi connectivity index (χ0v) is 16.2. The summed E-state index contributed by atoms with van der Waals surface area (Å²) in [6.45, 7) is 2.48. The summed E-state index contributed by atoms with van der Waals surface area (Å²) in [5.41, 5.74) is 2.57. The van der Waals surface area contributed by atoms with Crippen molar-refractivity contribution >= 4 is 46.5 Å². The van der Waals surface area contributed by atoms with E-state index in [1.54, 1.807) is 35.1 Å². The van der Waals surface area contributed by atoms with Crippen LogP contribution in [0.15, 0.2) is 48.7 Å². The van der Waals surface area contributed by atoms with E-state index in [0.29, 0.717) is 33.0 Å². The third-order valence-corrected chi connectivity index (χ3v) is 4.78. The van der Waals surface area contributed by atoms with E-state index in [9.17, 15) is 4.79 Å². The molecule has 1 heterocycles. The number of carbonyl (C=O) groups is 1. The molecule has 1 aromatic heterocycles. The zero-order valence-electron chi connectivity index (χ0n) is 14.0. The van der Waals surface area contributed by atoms with E-state index >= 15 is 0 Å².